The van der Waals surface area contributed by atoms with E-state index in [1.165, 1.54) is 12.3 Å². The van der Waals surface area contributed by atoms with Crippen LogP contribution >= 0.6 is 0 Å². The molecule has 36 heavy (non-hydrogen) atoms. The fourth-order valence-electron chi connectivity index (χ4n) is 3.84. The molecule has 2 amide bonds. The molecule has 2 heterocycles. The second-order valence-corrected chi connectivity index (χ2v) is 8.63. The first kappa shape index (κ1) is 24.5. The standard InChI is InChI=1S/C27H27N5O4/c1-31(2)22(33)13-14-32(3)20-11-9-19(10-12-20)29-24(17-7-5-4-6-8-17)23-25-21(30-26(23)34)15-18(16-28-25)27(35)36/h4-12,15-16,29H,13-14H2,1-3H3,(H,30,34)(H,35,36)/b24-23+. The van der Waals surface area contributed by atoms with Gasteiger partial charge in [0.05, 0.1) is 22.5 Å². The highest BCUT2D eigenvalue weighted by Crippen LogP contribution is 2.36. The van der Waals surface area contributed by atoms with Gasteiger partial charge in [-0.15, -0.1) is 0 Å². The number of hydrogen-bond acceptors (Lipinski definition) is 6. The monoisotopic (exact) mass is 485 g/mol. The van der Waals surface area contributed by atoms with Crippen LogP contribution in [0.25, 0.3) is 11.3 Å². The second-order valence-electron chi connectivity index (χ2n) is 8.63. The number of carbonyl (C=O) groups excluding carboxylic acids is 2. The number of benzene rings is 2. The maximum Gasteiger partial charge on any atom is 0.337 e. The highest BCUT2D eigenvalue weighted by atomic mass is 16.4. The molecule has 9 heteroatoms. The topological polar surface area (TPSA) is 115 Å². The zero-order valence-electron chi connectivity index (χ0n) is 20.3. The van der Waals surface area contributed by atoms with E-state index in [1.54, 1.807) is 19.0 Å². The molecular weight excluding hydrogens is 458 g/mol. The van der Waals surface area contributed by atoms with E-state index in [9.17, 15) is 19.5 Å². The predicted molar refractivity (Wildman–Crippen MR) is 140 cm³/mol. The molecule has 0 unspecified atom stereocenters. The second kappa shape index (κ2) is 10.3. The van der Waals surface area contributed by atoms with Gasteiger partial charge in [-0.1, -0.05) is 30.3 Å². The van der Waals surface area contributed by atoms with E-state index in [1.807, 2.05) is 66.5 Å². The third-order valence-electron chi connectivity index (χ3n) is 5.90. The van der Waals surface area contributed by atoms with Crippen molar-refractivity contribution >= 4 is 46.1 Å². The van der Waals surface area contributed by atoms with Gasteiger partial charge in [-0.2, -0.15) is 0 Å². The quantitative estimate of drug-likeness (QED) is 0.418. The number of anilines is 3. The summed E-state index contributed by atoms with van der Waals surface area (Å²) in [4.78, 5) is 44.1. The number of rotatable bonds is 8. The van der Waals surface area contributed by atoms with Crippen LogP contribution in [-0.4, -0.2) is 60.5 Å². The summed E-state index contributed by atoms with van der Waals surface area (Å²) in [6.45, 7) is 0.587. The van der Waals surface area contributed by atoms with Gasteiger partial charge in [0.25, 0.3) is 5.91 Å². The first-order valence-electron chi connectivity index (χ1n) is 11.4. The van der Waals surface area contributed by atoms with E-state index < -0.39 is 5.97 Å². The molecule has 3 N–H and O–H groups in total. The van der Waals surface area contributed by atoms with Crippen LogP contribution in [0.3, 0.4) is 0 Å². The lowest BCUT2D eigenvalue weighted by Gasteiger charge is -2.21. The lowest BCUT2D eigenvalue weighted by Crippen LogP contribution is -2.27. The molecular formula is C27H27N5O4. The maximum absolute atomic E-state index is 13.0. The van der Waals surface area contributed by atoms with Crippen LogP contribution in [0, 0.1) is 0 Å². The number of carboxylic acid groups (broad SMARTS) is 1. The fraction of sp³-hybridized carbons (Fsp3) is 0.185. The molecule has 0 fully saturated rings. The SMILES string of the molecule is CN(C)C(=O)CCN(C)c1ccc(N/C(=C2/C(=O)Nc3cc(C(=O)O)cnc32)c2ccccc2)cc1. The van der Waals surface area contributed by atoms with Crippen molar-refractivity contribution < 1.29 is 19.5 Å². The number of hydrogen-bond donors (Lipinski definition) is 3. The summed E-state index contributed by atoms with van der Waals surface area (Å²) in [5.74, 6) is -1.42. The predicted octanol–water partition coefficient (Wildman–Crippen LogP) is 3.63. The molecule has 1 aliphatic rings. The van der Waals surface area contributed by atoms with Crippen molar-refractivity contribution in [3.05, 3.63) is 83.7 Å². The number of nitrogens with one attached hydrogen (secondary N) is 2. The molecule has 0 aliphatic carbocycles. The smallest absolute Gasteiger partial charge is 0.337 e. The molecule has 1 aromatic heterocycles. The lowest BCUT2D eigenvalue weighted by molar-refractivity contribution is -0.128. The molecule has 0 saturated heterocycles. The van der Waals surface area contributed by atoms with E-state index >= 15 is 0 Å². The molecule has 1 aliphatic heterocycles. The first-order chi connectivity index (χ1) is 17.2. The summed E-state index contributed by atoms with van der Waals surface area (Å²) >= 11 is 0. The summed E-state index contributed by atoms with van der Waals surface area (Å²) in [6, 6.07) is 18.5. The van der Waals surface area contributed by atoms with Crippen LogP contribution in [0.4, 0.5) is 17.1 Å². The van der Waals surface area contributed by atoms with Gasteiger partial charge in [-0.05, 0) is 35.9 Å². The minimum absolute atomic E-state index is 0.00323. The van der Waals surface area contributed by atoms with Gasteiger partial charge < -0.3 is 25.5 Å². The van der Waals surface area contributed by atoms with Gasteiger partial charge in [-0.3, -0.25) is 14.6 Å². The summed E-state index contributed by atoms with van der Waals surface area (Å²) in [5.41, 5.74) is 4.11. The zero-order valence-corrected chi connectivity index (χ0v) is 20.3. The molecule has 0 radical (unpaired) electrons. The van der Waals surface area contributed by atoms with Crippen molar-refractivity contribution in [3.8, 4) is 0 Å². The van der Waals surface area contributed by atoms with Crippen molar-refractivity contribution in [2.24, 2.45) is 0 Å². The Kier molecular flexibility index (Phi) is 7.00. The number of aromatic nitrogens is 1. The molecule has 0 spiro atoms. The molecule has 0 atom stereocenters. The van der Waals surface area contributed by atoms with Gasteiger partial charge in [0.2, 0.25) is 5.91 Å². The van der Waals surface area contributed by atoms with Crippen LogP contribution in [0.1, 0.15) is 28.0 Å². The highest BCUT2D eigenvalue weighted by molar-refractivity contribution is 6.37. The Bertz CT molecular complexity index is 1330. The van der Waals surface area contributed by atoms with Crippen LogP contribution in [0.2, 0.25) is 0 Å². The summed E-state index contributed by atoms with van der Waals surface area (Å²) in [6.07, 6.45) is 1.66. The Hall–Kier alpha value is -4.66. The Morgan fingerprint density at radius 2 is 1.69 bits per heavy atom. The zero-order chi connectivity index (χ0) is 25.8. The number of carboxylic acids is 1. The normalized spacial score (nSPS) is 13.5. The number of carbonyl (C=O) groups is 3. The van der Waals surface area contributed by atoms with Gasteiger partial charge in [0.15, 0.2) is 0 Å². The third kappa shape index (κ3) is 5.20. The summed E-state index contributed by atoms with van der Waals surface area (Å²) < 4.78 is 0. The Morgan fingerprint density at radius 3 is 2.33 bits per heavy atom. The van der Waals surface area contributed by atoms with E-state index in [0.29, 0.717) is 35.6 Å². The number of aromatic carboxylic acids is 1. The van der Waals surface area contributed by atoms with Crippen molar-refractivity contribution in [2.45, 2.75) is 6.42 Å². The van der Waals surface area contributed by atoms with Gasteiger partial charge in [-0.25, -0.2) is 4.79 Å². The summed E-state index contributed by atoms with van der Waals surface area (Å²) in [5, 5.41) is 15.4. The molecule has 9 nitrogen and oxygen atoms in total. The fourth-order valence-corrected chi connectivity index (χ4v) is 3.84. The van der Waals surface area contributed by atoms with Crippen molar-refractivity contribution in [3.63, 3.8) is 0 Å². The number of amides is 2. The minimum atomic E-state index is -1.12. The van der Waals surface area contributed by atoms with E-state index in [4.69, 9.17) is 0 Å². The van der Waals surface area contributed by atoms with E-state index in [-0.39, 0.29) is 17.4 Å². The summed E-state index contributed by atoms with van der Waals surface area (Å²) in [7, 11) is 5.41. The Morgan fingerprint density at radius 1 is 1.00 bits per heavy atom. The molecule has 2 aromatic carbocycles. The number of nitrogens with zero attached hydrogens (tertiary/aromatic N) is 3. The minimum Gasteiger partial charge on any atom is -0.478 e. The van der Waals surface area contributed by atoms with E-state index in [2.05, 4.69) is 15.6 Å². The van der Waals surface area contributed by atoms with Crippen molar-refractivity contribution in [2.75, 3.05) is 43.2 Å². The lowest BCUT2D eigenvalue weighted by atomic mass is 10.0. The highest BCUT2D eigenvalue weighted by Gasteiger charge is 2.30. The average molecular weight is 486 g/mol. The van der Waals surface area contributed by atoms with Crippen LogP contribution in [-0.2, 0) is 9.59 Å². The van der Waals surface area contributed by atoms with Gasteiger partial charge >= 0.3 is 5.97 Å². The molecule has 3 aromatic rings. The molecule has 0 bridgehead atoms. The van der Waals surface area contributed by atoms with Gasteiger partial charge in [0.1, 0.15) is 5.69 Å². The number of fused-ring (bicyclic) bond motifs is 1. The van der Waals surface area contributed by atoms with Gasteiger partial charge in [0, 0.05) is 51.7 Å². The average Bonchev–Trinajstić information content (AvgIpc) is 3.21. The first-order valence-corrected chi connectivity index (χ1v) is 11.4. The molecule has 184 valence electrons. The van der Waals surface area contributed by atoms with Crippen LogP contribution in [0.5, 0.6) is 0 Å². The van der Waals surface area contributed by atoms with Crippen molar-refractivity contribution in [1.29, 1.82) is 0 Å². The molecule has 0 saturated carbocycles. The van der Waals surface area contributed by atoms with E-state index in [0.717, 1.165) is 16.9 Å². The molecule has 4 rings (SSSR count). The van der Waals surface area contributed by atoms with Crippen LogP contribution < -0.4 is 15.5 Å². The Labute approximate surface area is 209 Å². The number of pyridine rings is 1. The van der Waals surface area contributed by atoms with Crippen LogP contribution in [0.15, 0.2) is 66.9 Å². The Balaban J connectivity index is 1.65. The van der Waals surface area contributed by atoms with Crippen molar-refractivity contribution in [1.82, 2.24) is 9.88 Å². The largest absolute Gasteiger partial charge is 0.478 e. The maximum atomic E-state index is 13.0. The third-order valence-corrected chi connectivity index (χ3v) is 5.90.